The van der Waals surface area contributed by atoms with Gasteiger partial charge in [-0.2, -0.15) is 0 Å². The van der Waals surface area contributed by atoms with E-state index in [1.54, 1.807) is 41.5 Å². The highest BCUT2D eigenvalue weighted by molar-refractivity contribution is 6.06. The highest BCUT2D eigenvalue weighted by atomic mass is 19.1. The molecule has 4 saturated heterocycles. The van der Waals surface area contributed by atoms with E-state index in [0.29, 0.717) is 67.8 Å². The minimum atomic E-state index is -0.528. The Morgan fingerprint density at radius 1 is 0.806 bits per heavy atom. The number of pyridine rings is 2. The van der Waals surface area contributed by atoms with Crippen LogP contribution in [-0.4, -0.2) is 113 Å². The number of hydrogen-bond donors (Lipinski definition) is 1. The molecule has 16 nitrogen and oxygen atoms in total. The molecule has 3 aromatic heterocycles. The zero-order chi connectivity index (χ0) is 43.1. The molecule has 0 radical (unpaired) electrons. The fraction of sp³-hybridized carbons (Fsp3) is 0.400. The average Bonchev–Trinajstić information content (AvgIpc) is 3.83. The number of halogens is 1. The van der Waals surface area contributed by atoms with Gasteiger partial charge in [-0.25, -0.2) is 28.2 Å². The molecule has 7 heterocycles. The summed E-state index contributed by atoms with van der Waals surface area (Å²) in [7, 11) is 3.09. The van der Waals surface area contributed by atoms with E-state index in [1.807, 2.05) is 42.5 Å². The molecule has 1 unspecified atom stereocenters. The van der Waals surface area contributed by atoms with Crippen LogP contribution in [0, 0.1) is 5.82 Å². The Morgan fingerprint density at radius 3 is 2.29 bits per heavy atom. The SMILES string of the molecule is CCc1c(-c2ccc(-n3c(OC)nn(C)c3=O)cc2N2CCC(N3CCN(c4ccc(C5CCC(=O)NC5=O)cc4F)CC3)CC2)ccnc1N1CCN(c2cccnc2)C1=O. The summed E-state index contributed by atoms with van der Waals surface area (Å²) >= 11 is 0. The number of piperidine rings is 2. The zero-order valence-corrected chi connectivity index (χ0v) is 35.2. The summed E-state index contributed by atoms with van der Waals surface area (Å²) in [5, 5.41) is 6.65. The molecule has 5 aromatic rings. The van der Waals surface area contributed by atoms with E-state index in [2.05, 4.69) is 37.0 Å². The number of piperazine rings is 1. The van der Waals surface area contributed by atoms with E-state index < -0.39 is 5.92 Å². The summed E-state index contributed by atoms with van der Waals surface area (Å²) in [6.45, 7) is 7.53. The largest absolute Gasteiger partial charge is 0.467 e. The number of aromatic nitrogens is 5. The first-order chi connectivity index (χ1) is 30.1. The minimum absolute atomic E-state index is 0.147. The Kier molecular flexibility index (Phi) is 11.2. The van der Waals surface area contributed by atoms with Crippen molar-refractivity contribution in [3.63, 3.8) is 0 Å². The van der Waals surface area contributed by atoms with Crippen molar-refractivity contribution in [1.82, 2.24) is 34.5 Å². The number of hydrogen-bond acceptors (Lipinski definition) is 11. The number of urea groups is 1. The maximum Gasteiger partial charge on any atom is 0.353 e. The maximum absolute atomic E-state index is 15.5. The summed E-state index contributed by atoms with van der Waals surface area (Å²) in [6, 6.07) is 17.1. The second kappa shape index (κ2) is 17.0. The number of benzene rings is 2. The fourth-order valence-corrected chi connectivity index (χ4v) is 9.55. The van der Waals surface area contributed by atoms with E-state index in [-0.39, 0.29) is 41.8 Å². The molecule has 1 N–H and O–H groups in total. The second-order valence-electron chi connectivity index (χ2n) is 16.2. The Hall–Kier alpha value is -6.62. The molecule has 0 saturated carbocycles. The second-order valence-corrected chi connectivity index (χ2v) is 16.2. The van der Waals surface area contributed by atoms with Crippen LogP contribution < -0.4 is 35.3 Å². The van der Waals surface area contributed by atoms with Gasteiger partial charge in [0.1, 0.15) is 11.6 Å². The first-order valence-electron chi connectivity index (χ1n) is 21.3. The standard InChI is InChI=1S/C45H50FN11O5/c1-4-33-35(13-17-48-41(33)56-25-24-55(45(56)61)32-6-5-16-47-28-32)36-9-8-31(57-43(62-3)50-51(2)44(57)60)27-39(36)53-18-14-30(15-19-53)52-20-22-54(23-21-52)38-11-7-29(26-37(38)46)34-10-12-40(58)49-42(34)59/h5-9,11,13,16-17,26-28,30,34H,4,10,12,14-15,18-25H2,1-3H3,(H,49,58,59). The van der Waals surface area contributed by atoms with Gasteiger partial charge in [0.25, 0.3) is 0 Å². The Balaban J connectivity index is 0.948. The lowest BCUT2D eigenvalue weighted by Crippen LogP contribution is -2.53. The van der Waals surface area contributed by atoms with Gasteiger partial charge in [-0.05, 0) is 79.3 Å². The van der Waals surface area contributed by atoms with Crippen LogP contribution in [0.1, 0.15) is 49.7 Å². The molecule has 1 atom stereocenters. The predicted molar refractivity (Wildman–Crippen MR) is 233 cm³/mol. The Bertz CT molecular complexity index is 2560. The lowest BCUT2D eigenvalue weighted by molar-refractivity contribution is -0.134. The van der Waals surface area contributed by atoms with Gasteiger partial charge in [-0.3, -0.25) is 34.6 Å². The molecular weight excluding hydrogens is 794 g/mol. The highest BCUT2D eigenvalue weighted by Crippen LogP contribution is 2.40. The van der Waals surface area contributed by atoms with E-state index in [1.165, 1.54) is 22.4 Å². The van der Waals surface area contributed by atoms with Crippen LogP contribution in [0.3, 0.4) is 0 Å². The van der Waals surface area contributed by atoms with Crippen molar-refractivity contribution in [1.29, 1.82) is 0 Å². The summed E-state index contributed by atoms with van der Waals surface area (Å²) < 4.78 is 23.8. The molecule has 4 aliphatic heterocycles. The van der Waals surface area contributed by atoms with Crippen LogP contribution in [0.5, 0.6) is 6.01 Å². The van der Waals surface area contributed by atoms with Crippen LogP contribution in [0.2, 0.25) is 0 Å². The van der Waals surface area contributed by atoms with Gasteiger partial charge in [-0.15, -0.1) is 5.10 Å². The van der Waals surface area contributed by atoms with Gasteiger partial charge in [0.2, 0.25) is 11.8 Å². The summed E-state index contributed by atoms with van der Waals surface area (Å²) in [5.41, 5.74) is 6.01. The number of nitrogens with one attached hydrogen (secondary N) is 1. The molecule has 2 aromatic carbocycles. The smallest absolute Gasteiger partial charge is 0.353 e. The van der Waals surface area contributed by atoms with Crippen LogP contribution >= 0.6 is 0 Å². The number of imide groups is 1. The van der Waals surface area contributed by atoms with Crippen molar-refractivity contribution in [2.45, 2.75) is 51.0 Å². The molecule has 4 aliphatic rings. The molecule has 9 rings (SSSR count). The average molecular weight is 844 g/mol. The number of nitrogens with zero attached hydrogens (tertiary/aromatic N) is 10. The first-order valence-corrected chi connectivity index (χ1v) is 21.3. The fourth-order valence-electron chi connectivity index (χ4n) is 9.55. The lowest BCUT2D eigenvalue weighted by Gasteiger charge is -2.44. The number of amides is 4. The summed E-state index contributed by atoms with van der Waals surface area (Å²) in [6.07, 6.45) is 8.22. The normalized spacial score (nSPS) is 19.1. The van der Waals surface area contributed by atoms with Crippen molar-refractivity contribution in [3.8, 4) is 22.8 Å². The number of rotatable bonds is 10. The van der Waals surface area contributed by atoms with Gasteiger partial charge in [0.15, 0.2) is 0 Å². The van der Waals surface area contributed by atoms with Gasteiger partial charge >= 0.3 is 17.7 Å². The summed E-state index contributed by atoms with van der Waals surface area (Å²) in [4.78, 5) is 70.7. The monoisotopic (exact) mass is 843 g/mol. The molecule has 0 bridgehead atoms. The highest BCUT2D eigenvalue weighted by Gasteiger charge is 2.35. The van der Waals surface area contributed by atoms with E-state index >= 15 is 4.39 Å². The lowest BCUT2D eigenvalue weighted by atomic mass is 9.90. The van der Waals surface area contributed by atoms with Crippen molar-refractivity contribution >= 4 is 40.7 Å². The molecule has 0 aliphatic carbocycles. The van der Waals surface area contributed by atoms with Gasteiger partial charge < -0.3 is 14.5 Å². The molecule has 322 valence electrons. The Labute approximate surface area is 358 Å². The predicted octanol–water partition coefficient (Wildman–Crippen LogP) is 4.50. The van der Waals surface area contributed by atoms with E-state index in [0.717, 1.165) is 67.1 Å². The van der Waals surface area contributed by atoms with Gasteiger partial charge in [0.05, 0.1) is 36.3 Å². The van der Waals surface area contributed by atoms with Crippen molar-refractivity contribution < 1.29 is 23.5 Å². The van der Waals surface area contributed by atoms with Crippen LogP contribution in [0.25, 0.3) is 16.8 Å². The number of carbonyl (C=O) groups excluding carboxylic acids is 3. The first kappa shape index (κ1) is 40.8. The van der Waals surface area contributed by atoms with E-state index in [9.17, 15) is 19.2 Å². The van der Waals surface area contributed by atoms with Crippen LogP contribution in [0.15, 0.2) is 78.0 Å². The van der Waals surface area contributed by atoms with Crippen molar-refractivity contribution in [2.24, 2.45) is 7.05 Å². The summed E-state index contributed by atoms with van der Waals surface area (Å²) in [5.74, 6) is -0.918. The molecule has 4 fully saturated rings. The quantitative estimate of drug-likeness (QED) is 0.198. The van der Waals surface area contributed by atoms with Crippen LogP contribution in [0.4, 0.5) is 32.1 Å². The number of aryl methyl sites for hydroxylation is 1. The molecular formula is C45H50FN11O5. The van der Waals surface area contributed by atoms with Crippen LogP contribution in [-0.2, 0) is 23.1 Å². The molecule has 4 amide bonds. The topological polar surface area (TPSA) is 154 Å². The number of ether oxygens (including phenoxy) is 1. The van der Waals surface area contributed by atoms with Crippen molar-refractivity contribution in [3.05, 3.63) is 101 Å². The minimum Gasteiger partial charge on any atom is -0.467 e. The number of carbonyl (C=O) groups is 3. The van der Waals surface area contributed by atoms with Gasteiger partial charge in [0, 0.05) is 101 Å². The maximum atomic E-state index is 15.5. The molecule has 0 spiro atoms. The third-order valence-corrected chi connectivity index (χ3v) is 12.8. The molecule has 62 heavy (non-hydrogen) atoms. The zero-order valence-electron chi connectivity index (χ0n) is 35.2. The third-order valence-electron chi connectivity index (χ3n) is 12.8. The number of methoxy groups -OCH3 is 1. The van der Waals surface area contributed by atoms with Gasteiger partial charge in [-0.1, -0.05) is 19.1 Å². The van der Waals surface area contributed by atoms with E-state index in [4.69, 9.17) is 9.72 Å². The third kappa shape index (κ3) is 7.54. The van der Waals surface area contributed by atoms with Crippen molar-refractivity contribution in [2.75, 3.05) is 79.1 Å². The Morgan fingerprint density at radius 2 is 1.58 bits per heavy atom. The molecule has 17 heteroatoms. The number of anilines is 4.